The second-order valence-electron chi connectivity index (χ2n) is 6.92. The Morgan fingerprint density at radius 1 is 1.00 bits per heavy atom. The van der Waals surface area contributed by atoms with Crippen LogP contribution in [-0.2, 0) is 14.9 Å². The molecular weight excluding hydrogens is 312 g/mol. The number of benzene rings is 2. The normalized spacial score (nSPS) is 18.6. The van der Waals surface area contributed by atoms with Gasteiger partial charge in [0.25, 0.3) is 0 Å². The average molecular weight is 336 g/mol. The Morgan fingerprint density at radius 3 is 2.12 bits per heavy atom. The van der Waals surface area contributed by atoms with E-state index >= 15 is 0 Å². The van der Waals surface area contributed by atoms with Gasteiger partial charge in [-0.05, 0) is 41.6 Å². The lowest BCUT2D eigenvalue weighted by Crippen LogP contribution is -2.42. The maximum atomic E-state index is 12.7. The first kappa shape index (κ1) is 16.3. The second kappa shape index (κ2) is 6.62. The van der Waals surface area contributed by atoms with E-state index in [0.717, 1.165) is 67.9 Å². The van der Waals surface area contributed by atoms with E-state index in [4.69, 9.17) is 10.5 Å². The molecule has 4 rings (SSSR count). The molecule has 0 aromatic heterocycles. The summed E-state index contributed by atoms with van der Waals surface area (Å²) in [7, 11) is 0. The minimum Gasteiger partial charge on any atom is -0.379 e. The molecular formula is C21H24N2O2. The van der Waals surface area contributed by atoms with Crippen molar-refractivity contribution < 1.29 is 9.53 Å². The van der Waals surface area contributed by atoms with Gasteiger partial charge in [0.05, 0.1) is 18.6 Å². The van der Waals surface area contributed by atoms with Crippen LogP contribution in [0.3, 0.4) is 0 Å². The van der Waals surface area contributed by atoms with Gasteiger partial charge in [-0.1, -0.05) is 48.5 Å². The van der Waals surface area contributed by atoms with Crippen molar-refractivity contribution in [2.24, 2.45) is 5.73 Å². The van der Waals surface area contributed by atoms with E-state index in [2.05, 4.69) is 29.2 Å². The maximum absolute atomic E-state index is 12.7. The van der Waals surface area contributed by atoms with E-state index in [-0.39, 0.29) is 5.91 Å². The first-order chi connectivity index (χ1) is 12.2. The van der Waals surface area contributed by atoms with Crippen molar-refractivity contribution >= 4 is 5.91 Å². The lowest BCUT2D eigenvalue weighted by atomic mass is 9.74. The van der Waals surface area contributed by atoms with Gasteiger partial charge < -0.3 is 10.5 Å². The van der Waals surface area contributed by atoms with Gasteiger partial charge in [0.2, 0.25) is 5.91 Å². The molecule has 0 bridgehead atoms. The highest BCUT2D eigenvalue weighted by Crippen LogP contribution is 2.51. The van der Waals surface area contributed by atoms with E-state index < -0.39 is 5.41 Å². The molecule has 0 spiro atoms. The van der Waals surface area contributed by atoms with Crippen molar-refractivity contribution in [3.63, 3.8) is 0 Å². The Hall–Kier alpha value is -2.17. The number of nitrogens with zero attached hydrogens (tertiary/aromatic N) is 1. The number of carbonyl (C=O) groups is 1. The molecule has 2 N–H and O–H groups in total. The fourth-order valence-electron chi connectivity index (χ4n) is 4.38. The molecule has 25 heavy (non-hydrogen) atoms. The minimum absolute atomic E-state index is 0.244. The Balaban J connectivity index is 1.66. The molecule has 130 valence electrons. The molecule has 2 aromatic rings. The van der Waals surface area contributed by atoms with Gasteiger partial charge in [-0.25, -0.2) is 0 Å². The number of ether oxygens (including phenoxy) is 1. The number of morpholine rings is 1. The highest BCUT2D eigenvalue weighted by atomic mass is 16.5. The van der Waals surface area contributed by atoms with Gasteiger partial charge in [0.15, 0.2) is 0 Å². The molecule has 1 aliphatic carbocycles. The van der Waals surface area contributed by atoms with Gasteiger partial charge in [0.1, 0.15) is 0 Å². The summed E-state index contributed by atoms with van der Waals surface area (Å²) in [6, 6.07) is 16.4. The number of nitrogens with two attached hydrogens (primary N) is 1. The van der Waals surface area contributed by atoms with E-state index in [1.807, 2.05) is 24.3 Å². The number of carbonyl (C=O) groups excluding carboxylic acids is 1. The van der Waals surface area contributed by atoms with Gasteiger partial charge in [-0.3, -0.25) is 9.69 Å². The Bertz CT molecular complexity index is 735. The maximum Gasteiger partial charge on any atom is 0.232 e. The Kier molecular flexibility index (Phi) is 4.32. The van der Waals surface area contributed by atoms with Crippen molar-refractivity contribution in [2.45, 2.75) is 18.3 Å². The smallest absolute Gasteiger partial charge is 0.232 e. The quantitative estimate of drug-likeness (QED) is 0.913. The number of amides is 1. The molecule has 1 saturated heterocycles. The summed E-state index contributed by atoms with van der Waals surface area (Å²) in [4.78, 5) is 15.1. The third-order valence-electron chi connectivity index (χ3n) is 5.61. The van der Waals surface area contributed by atoms with Gasteiger partial charge in [-0.2, -0.15) is 0 Å². The summed E-state index contributed by atoms with van der Waals surface area (Å²) < 4.78 is 5.41. The summed E-state index contributed by atoms with van der Waals surface area (Å²) in [5, 5.41) is 0. The molecule has 0 saturated carbocycles. The number of primary amides is 1. The number of rotatable bonds is 5. The van der Waals surface area contributed by atoms with E-state index in [1.54, 1.807) is 0 Å². The van der Waals surface area contributed by atoms with Crippen LogP contribution in [0.25, 0.3) is 11.1 Å². The van der Waals surface area contributed by atoms with E-state index in [9.17, 15) is 4.79 Å². The monoisotopic (exact) mass is 336 g/mol. The fourth-order valence-corrected chi connectivity index (χ4v) is 4.38. The highest BCUT2D eigenvalue weighted by Gasteiger charge is 2.47. The molecule has 0 atom stereocenters. The van der Waals surface area contributed by atoms with Crippen LogP contribution >= 0.6 is 0 Å². The number of hydrogen-bond donors (Lipinski definition) is 1. The molecule has 4 heteroatoms. The third kappa shape index (κ3) is 2.66. The predicted octanol–water partition coefficient (Wildman–Crippen LogP) is 2.55. The summed E-state index contributed by atoms with van der Waals surface area (Å²) in [5.41, 5.74) is 9.71. The minimum atomic E-state index is -0.709. The van der Waals surface area contributed by atoms with Crippen LogP contribution in [0, 0.1) is 0 Å². The molecule has 2 aliphatic rings. The van der Waals surface area contributed by atoms with Crippen molar-refractivity contribution in [1.82, 2.24) is 4.90 Å². The van der Waals surface area contributed by atoms with E-state index in [0.29, 0.717) is 0 Å². The van der Waals surface area contributed by atoms with E-state index in [1.165, 1.54) is 0 Å². The first-order valence-corrected chi connectivity index (χ1v) is 9.03. The fraction of sp³-hybridized carbons (Fsp3) is 0.381. The summed E-state index contributed by atoms with van der Waals surface area (Å²) in [6.07, 6.45) is 1.68. The molecule has 0 radical (unpaired) electrons. The Labute approximate surface area is 148 Å². The average Bonchev–Trinajstić information content (AvgIpc) is 2.94. The second-order valence-corrected chi connectivity index (χ2v) is 6.92. The zero-order valence-electron chi connectivity index (χ0n) is 14.4. The molecule has 1 amide bonds. The molecule has 1 aliphatic heterocycles. The Morgan fingerprint density at radius 2 is 1.56 bits per heavy atom. The van der Waals surface area contributed by atoms with Crippen LogP contribution in [0.1, 0.15) is 24.0 Å². The summed E-state index contributed by atoms with van der Waals surface area (Å²) in [6.45, 7) is 4.51. The van der Waals surface area contributed by atoms with Crippen molar-refractivity contribution in [3.05, 3.63) is 59.7 Å². The largest absolute Gasteiger partial charge is 0.379 e. The summed E-state index contributed by atoms with van der Waals surface area (Å²) in [5.74, 6) is -0.244. The standard InChI is InChI=1S/C21H24N2O2/c22-20(24)21(10-5-11-23-12-14-25-15-13-23)18-8-3-1-6-16(18)17-7-2-4-9-19(17)21/h1-4,6-9H,5,10-15H2,(H2,22,24). The van der Waals surface area contributed by atoms with Crippen molar-refractivity contribution in [2.75, 3.05) is 32.8 Å². The summed E-state index contributed by atoms with van der Waals surface area (Å²) >= 11 is 0. The molecule has 0 unspecified atom stereocenters. The predicted molar refractivity (Wildman–Crippen MR) is 98.3 cm³/mol. The van der Waals surface area contributed by atoms with Gasteiger partial charge in [0, 0.05) is 13.1 Å². The third-order valence-corrected chi connectivity index (χ3v) is 5.61. The van der Waals surface area contributed by atoms with Crippen molar-refractivity contribution in [3.8, 4) is 11.1 Å². The highest BCUT2D eigenvalue weighted by molar-refractivity contribution is 5.99. The molecule has 2 aromatic carbocycles. The molecule has 1 heterocycles. The van der Waals surface area contributed by atoms with Gasteiger partial charge >= 0.3 is 0 Å². The van der Waals surface area contributed by atoms with Crippen LogP contribution < -0.4 is 5.73 Å². The van der Waals surface area contributed by atoms with Crippen LogP contribution in [0.5, 0.6) is 0 Å². The van der Waals surface area contributed by atoms with Crippen LogP contribution in [-0.4, -0.2) is 43.7 Å². The SMILES string of the molecule is NC(=O)C1(CCCN2CCOCC2)c2ccccc2-c2ccccc21. The topological polar surface area (TPSA) is 55.6 Å². The van der Waals surface area contributed by atoms with Crippen LogP contribution in [0.4, 0.5) is 0 Å². The lowest BCUT2D eigenvalue weighted by molar-refractivity contribution is -0.122. The van der Waals surface area contributed by atoms with Crippen LogP contribution in [0.2, 0.25) is 0 Å². The molecule has 1 fully saturated rings. The lowest BCUT2D eigenvalue weighted by Gasteiger charge is -2.31. The number of fused-ring (bicyclic) bond motifs is 3. The zero-order chi connectivity index (χ0) is 17.3. The van der Waals surface area contributed by atoms with Crippen molar-refractivity contribution in [1.29, 1.82) is 0 Å². The van der Waals surface area contributed by atoms with Gasteiger partial charge in [-0.15, -0.1) is 0 Å². The molecule has 4 nitrogen and oxygen atoms in total. The number of hydrogen-bond acceptors (Lipinski definition) is 3. The first-order valence-electron chi connectivity index (χ1n) is 9.03. The zero-order valence-corrected chi connectivity index (χ0v) is 14.4. The van der Waals surface area contributed by atoms with Crippen LogP contribution in [0.15, 0.2) is 48.5 Å².